The van der Waals surface area contributed by atoms with Crippen molar-refractivity contribution in [2.24, 2.45) is 0 Å². The fraction of sp³-hybridized carbons (Fsp3) is 1.00. The quantitative estimate of drug-likeness (QED) is 0.268. The van der Waals surface area contributed by atoms with Gasteiger partial charge in [-0.2, -0.15) is 0 Å². The smallest absolute Gasteiger partial charge is 0.0707 e. The third-order valence-electron chi connectivity index (χ3n) is 3.19. The van der Waals surface area contributed by atoms with Crippen molar-refractivity contribution in [1.29, 1.82) is 0 Å². The van der Waals surface area contributed by atoms with Crippen LogP contribution in [0, 0.1) is 0 Å². The lowest BCUT2D eigenvalue weighted by Crippen LogP contribution is -2.22. The fourth-order valence-electron chi connectivity index (χ4n) is 1.80. The minimum absolute atomic E-state index is 0.0850. The van der Waals surface area contributed by atoms with Gasteiger partial charge in [0.15, 0.2) is 0 Å². The van der Waals surface area contributed by atoms with E-state index in [0.717, 1.165) is 6.61 Å². The summed E-state index contributed by atoms with van der Waals surface area (Å²) in [6, 6.07) is 0. The normalized spacial score (nSPS) is 11.6. The fourth-order valence-corrected chi connectivity index (χ4v) is 1.80. The molecule has 8 nitrogen and oxygen atoms in total. The summed E-state index contributed by atoms with van der Waals surface area (Å²) in [4.78, 5) is 0. The van der Waals surface area contributed by atoms with Crippen LogP contribution in [0.25, 0.3) is 0 Å². The Morgan fingerprint density at radius 1 is 0.567 bits per heavy atom. The lowest BCUT2D eigenvalue weighted by atomic mass is 10.2. The van der Waals surface area contributed by atoms with E-state index in [9.17, 15) is 0 Å². The minimum atomic E-state index is -0.0850. The molecule has 0 unspecified atom stereocenters. The molecule has 0 heterocycles. The molecule has 0 radical (unpaired) electrons. The van der Waals surface area contributed by atoms with Crippen LogP contribution in [0.4, 0.5) is 0 Å². The Balaban J connectivity index is 0. The van der Waals surface area contributed by atoms with Crippen molar-refractivity contribution in [2.75, 3.05) is 93.0 Å². The molecule has 0 saturated carbocycles. The van der Waals surface area contributed by atoms with Gasteiger partial charge in [-0.3, -0.25) is 0 Å². The van der Waals surface area contributed by atoms with E-state index in [1.165, 1.54) is 0 Å². The summed E-state index contributed by atoms with van der Waals surface area (Å²) < 4.78 is 41.9. The average molecular weight is 441 g/mol. The Hall–Kier alpha value is -0.320. The summed E-state index contributed by atoms with van der Waals surface area (Å²) in [5.41, 5.74) is -0.0850. The molecular weight excluding hydrogens is 392 g/mol. The zero-order valence-electron chi connectivity index (χ0n) is 20.5. The first-order chi connectivity index (χ1) is 14.3. The molecule has 0 aliphatic carbocycles. The van der Waals surface area contributed by atoms with Crippen LogP contribution in [-0.4, -0.2) is 105 Å². The lowest BCUT2D eigenvalue weighted by molar-refractivity contribution is -0.0442. The predicted octanol–water partition coefficient (Wildman–Crippen LogP) is 2.96. The van der Waals surface area contributed by atoms with Crippen LogP contribution < -0.4 is 0 Å². The largest absolute Gasteiger partial charge is 0.382 e. The second kappa shape index (κ2) is 24.9. The summed E-state index contributed by atoms with van der Waals surface area (Å²) in [6.07, 6.45) is 0.274. The maximum Gasteiger partial charge on any atom is 0.0707 e. The maximum atomic E-state index is 5.49. The zero-order valence-corrected chi connectivity index (χ0v) is 20.5. The Morgan fingerprint density at radius 3 is 1.37 bits per heavy atom. The molecule has 0 fully saturated rings. The van der Waals surface area contributed by atoms with Crippen LogP contribution in [0.1, 0.15) is 41.5 Å². The summed E-state index contributed by atoms with van der Waals surface area (Å²) in [5, 5.41) is 0. The van der Waals surface area contributed by atoms with Gasteiger partial charge in [-0.15, -0.1) is 0 Å². The Kier molecular flexibility index (Phi) is 26.5. The highest BCUT2D eigenvalue weighted by atomic mass is 16.6. The monoisotopic (exact) mass is 440 g/mol. The molecule has 0 spiro atoms. The van der Waals surface area contributed by atoms with Crippen molar-refractivity contribution >= 4 is 0 Å². The van der Waals surface area contributed by atoms with Gasteiger partial charge in [0.05, 0.1) is 91.0 Å². The van der Waals surface area contributed by atoms with Gasteiger partial charge in [-0.1, -0.05) is 0 Å². The van der Waals surface area contributed by atoms with Crippen molar-refractivity contribution < 1.29 is 37.9 Å². The second-order valence-corrected chi connectivity index (χ2v) is 7.52. The highest BCUT2D eigenvalue weighted by molar-refractivity contribution is 4.57. The molecule has 0 aromatic rings. The van der Waals surface area contributed by atoms with Crippen molar-refractivity contribution in [3.8, 4) is 0 Å². The van der Waals surface area contributed by atoms with Gasteiger partial charge in [0.2, 0.25) is 0 Å². The number of ether oxygens (including phenoxy) is 8. The van der Waals surface area contributed by atoms with Crippen LogP contribution in [0.2, 0.25) is 0 Å². The first-order valence-corrected chi connectivity index (χ1v) is 11.0. The van der Waals surface area contributed by atoms with Crippen molar-refractivity contribution in [2.45, 2.75) is 53.2 Å². The van der Waals surface area contributed by atoms with Gasteiger partial charge in [0, 0.05) is 13.7 Å². The van der Waals surface area contributed by atoms with Gasteiger partial charge in [0.1, 0.15) is 0 Å². The van der Waals surface area contributed by atoms with Gasteiger partial charge >= 0.3 is 0 Å². The highest BCUT2D eigenvalue weighted by Crippen LogP contribution is 2.05. The molecule has 0 rings (SSSR count). The molecule has 0 saturated heterocycles. The van der Waals surface area contributed by atoms with Crippen molar-refractivity contribution in [1.82, 2.24) is 0 Å². The van der Waals surface area contributed by atoms with Crippen molar-refractivity contribution in [3.63, 3.8) is 0 Å². The summed E-state index contributed by atoms with van der Waals surface area (Å²) in [5.74, 6) is 0. The first kappa shape index (κ1) is 31.9. The average Bonchev–Trinajstić information content (AvgIpc) is 2.67. The summed E-state index contributed by atoms with van der Waals surface area (Å²) in [7, 11) is 1.66. The van der Waals surface area contributed by atoms with Crippen molar-refractivity contribution in [3.05, 3.63) is 0 Å². The highest BCUT2D eigenvalue weighted by Gasteiger charge is 2.08. The Bertz CT molecular complexity index is 308. The van der Waals surface area contributed by atoms with E-state index in [1.807, 2.05) is 41.5 Å². The topological polar surface area (TPSA) is 73.8 Å². The number of hydrogen-bond acceptors (Lipinski definition) is 8. The van der Waals surface area contributed by atoms with Crippen LogP contribution in [-0.2, 0) is 37.9 Å². The molecule has 0 amide bonds. The van der Waals surface area contributed by atoms with Gasteiger partial charge in [0.25, 0.3) is 0 Å². The van der Waals surface area contributed by atoms with E-state index >= 15 is 0 Å². The molecule has 8 heteroatoms. The summed E-state index contributed by atoms with van der Waals surface area (Å²) in [6.45, 7) is 20.4. The number of hydrogen-bond donors (Lipinski definition) is 0. The Morgan fingerprint density at radius 2 is 0.967 bits per heavy atom. The van der Waals surface area contributed by atoms with Crippen LogP contribution >= 0.6 is 0 Å². The lowest BCUT2D eigenvalue weighted by Gasteiger charge is -2.19. The SMILES string of the molecule is CCOCCOCCOCCOC(C)C.COCCOCCOCCOC(C)(C)C. The van der Waals surface area contributed by atoms with E-state index in [1.54, 1.807) is 7.11 Å². The van der Waals surface area contributed by atoms with E-state index in [2.05, 4.69) is 0 Å². The minimum Gasteiger partial charge on any atom is -0.382 e. The molecule has 0 aromatic carbocycles. The van der Waals surface area contributed by atoms with E-state index in [-0.39, 0.29) is 11.7 Å². The molecule has 0 aliphatic rings. The molecular formula is C22H48O8. The van der Waals surface area contributed by atoms with E-state index in [0.29, 0.717) is 79.3 Å². The molecule has 0 aromatic heterocycles. The molecule has 0 atom stereocenters. The summed E-state index contributed by atoms with van der Waals surface area (Å²) >= 11 is 0. The maximum absolute atomic E-state index is 5.49. The third kappa shape index (κ3) is 35.1. The Labute approximate surface area is 184 Å². The number of rotatable bonds is 20. The molecule has 0 N–H and O–H groups in total. The second-order valence-electron chi connectivity index (χ2n) is 7.52. The van der Waals surface area contributed by atoms with Crippen LogP contribution in [0.3, 0.4) is 0 Å². The zero-order chi connectivity index (χ0) is 22.9. The molecule has 0 bridgehead atoms. The standard InChI is InChI=1S/2C11H24O4/c1-11(2,3)15-10-9-14-8-7-13-6-5-12-4;1-4-12-5-6-13-7-8-14-9-10-15-11(2)3/h5-10H2,1-4H3;11H,4-10H2,1-3H3. The van der Waals surface area contributed by atoms with Gasteiger partial charge < -0.3 is 37.9 Å². The van der Waals surface area contributed by atoms with E-state index < -0.39 is 0 Å². The third-order valence-corrected chi connectivity index (χ3v) is 3.19. The molecule has 30 heavy (non-hydrogen) atoms. The van der Waals surface area contributed by atoms with Gasteiger partial charge in [-0.25, -0.2) is 0 Å². The van der Waals surface area contributed by atoms with Gasteiger partial charge in [-0.05, 0) is 41.5 Å². The van der Waals surface area contributed by atoms with Crippen LogP contribution in [0.15, 0.2) is 0 Å². The molecule has 184 valence electrons. The molecule has 0 aliphatic heterocycles. The predicted molar refractivity (Wildman–Crippen MR) is 118 cm³/mol. The van der Waals surface area contributed by atoms with Crippen LogP contribution in [0.5, 0.6) is 0 Å². The first-order valence-electron chi connectivity index (χ1n) is 11.0. The number of methoxy groups -OCH3 is 1. The van der Waals surface area contributed by atoms with E-state index in [4.69, 9.17) is 37.9 Å².